The van der Waals surface area contributed by atoms with Crippen molar-refractivity contribution >= 4 is 71.6 Å². The number of nitrogens with zero attached hydrogens (tertiary/aromatic N) is 2. The van der Waals surface area contributed by atoms with Crippen molar-refractivity contribution in [3.8, 4) is 33.7 Å². The summed E-state index contributed by atoms with van der Waals surface area (Å²) in [4.78, 5) is 7.28. The number of fused-ring (bicyclic) bond motifs is 7. The third-order valence-corrected chi connectivity index (χ3v) is 10.7. The first-order chi connectivity index (χ1) is 27.3. The van der Waals surface area contributed by atoms with E-state index in [-0.39, 0.29) is 0 Å². The van der Waals surface area contributed by atoms with Crippen LogP contribution in [0.2, 0.25) is 0 Å². The van der Waals surface area contributed by atoms with Gasteiger partial charge < -0.3 is 13.7 Å². The molecule has 0 amide bonds. The Balaban J connectivity index is 1.09. The SMILES string of the molecule is c1ccc(-c2nc3cc4c(cc3o2)oc2cccc(-c3ccc(N(c5ccccc5-c5ccccc5)c5cc6ccccc6c6ccccc56)cc3)c24)cc1. The molecule has 0 spiro atoms. The number of hydrogen-bond acceptors (Lipinski definition) is 4. The molecule has 0 atom stereocenters. The zero-order valence-electron chi connectivity index (χ0n) is 29.7. The van der Waals surface area contributed by atoms with Crippen molar-refractivity contribution in [2.75, 3.05) is 4.90 Å². The van der Waals surface area contributed by atoms with E-state index >= 15 is 0 Å². The third kappa shape index (κ3) is 5.19. The summed E-state index contributed by atoms with van der Waals surface area (Å²) in [6.45, 7) is 0. The summed E-state index contributed by atoms with van der Waals surface area (Å²) >= 11 is 0. The second kappa shape index (κ2) is 12.6. The van der Waals surface area contributed by atoms with Gasteiger partial charge in [-0.1, -0.05) is 140 Å². The summed E-state index contributed by atoms with van der Waals surface area (Å²) in [5.41, 5.74) is 11.9. The van der Waals surface area contributed by atoms with Crippen LogP contribution in [0.4, 0.5) is 17.1 Å². The Bertz CT molecular complexity index is 3200. The van der Waals surface area contributed by atoms with Gasteiger partial charge in [0, 0.05) is 39.0 Å². The first-order valence-corrected chi connectivity index (χ1v) is 18.5. The number of para-hydroxylation sites is 1. The molecule has 0 aliphatic rings. The standard InChI is InChI=1S/C51H32N2O2/c1-3-14-33(15-4-1)39-20-11-12-24-45(39)53(46-30-36-18-7-8-19-38(36)41-21-9-10-22-42(41)46)37-28-26-34(27-29-37)40-23-13-25-47-50(40)43-31-44-49(32-48(43)54-47)55-51(52-44)35-16-5-2-6-17-35/h1-32H. The molecule has 4 nitrogen and oxygen atoms in total. The summed E-state index contributed by atoms with van der Waals surface area (Å²) in [6.07, 6.45) is 0. The molecular formula is C51H32N2O2. The van der Waals surface area contributed by atoms with E-state index in [0.717, 1.165) is 66.8 Å². The molecule has 0 unspecified atom stereocenters. The molecule has 0 N–H and O–H groups in total. The molecule has 0 saturated carbocycles. The summed E-state index contributed by atoms with van der Waals surface area (Å²) in [6, 6.07) is 68.3. The van der Waals surface area contributed by atoms with Crippen molar-refractivity contribution in [3.63, 3.8) is 0 Å². The fraction of sp³-hybridized carbons (Fsp3) is 0. The minimum atomic E-state index is 0.598. The molecule has 0 saturated heterocycles. The Morgan fingerprint density at radius 2 is 1.04 bits per heavy atom. The quantitative estimate of drug-likeness (QED) is 0.162. The highest BCUT2D eigenvalue weighted by Crippen LogP contribution is 2.46. The van der Waals surface area contributed by atoms with E-state index in [4.69, 9.17) is 13.8 Å². The first kappa shape index (κ1) is 31.1. The Morgan fingerprint density at radius 1 is 0.382 bits per heavy atom. The Hall–Kier alpha value is -7.43. The minimum absolute atomic E-state index is 0.598. The fourth-order valence-electron chi connectivity index (χ4n) is 8.14. The highest BCUT2D eigenvalue weighted by Gasteiger charge is 2.21. The van der Waals surface area contributed by atoms with Gasteiger partial charge in [0.05, 0.1) is 11.4 Å². The van der Waals surface area contributed by atoms with Crippen molar-refractivity contribution in [1.29, 1.82) is 0 Å². The lowest BCUT2D eigenvalue weighted by Crippen LogP contribution is -2.12. The van der Waals surface area contributed by atoms with Crippen LogP contribution in [0.3, 0.4) is 0 Å². The Kier molecular flexibility index (Phi) is 7.14. The highest BCUT2D eigenvalue weighted by molar-refractivity contribution is 6.16. The van der Waals surface area contributed by atoms with Crippen molar-refractivity contribution in [1.82, 2.24) is 4.98 Å². The van der Waals surface area contributed by atoms with Gasteiger partial charge in [-0.2, -0.15) is 0 Å². The minimum Gasteiger partial charge on any atom is -0.456 e. The molecule has 0 aliphatic carbocycles. The molecule has 0 aliphatic heterocycles. The van der Waals surface area contributed by atoms with Crippen LogP contribution in [0.1, 0.15) is 0 Å². The topological polar surface area (TPSA) is 42.4 Å². The maximum atomic E-state index is 6.45. The van der Waals surface area contributed by atoms with E-state index in [1.807, 2.05) is 42.5 Å². The number of aromatic nitrogens is 1. The van der Waals surface area contributed by atoms with E-state index in [9.17, 15) is 0 Å². The summed E-state index contributed by atoms with van der Waals surface area (Å²) in [5, 5.41) is 6.93. The second-order valence-corrected chi connectivity index (χ2v) is 13.9. The summed E-state index contributed by atoms with van der Waals surface area (Å²) in [7, 11) is 0. The van der Waals surface area contributed by atoms with Crippen molar-refractivity contribution < 1.29 is 8.83 Å². The van der Waals surface area contributed by atoms with E-state index < -0.39 is 0 Å². The number of oxazole rings is 1. The van der Waals surface area contributed by atoms with Crippen molar-refractivity contribution in [3.05, 3.63) is 194 Å². The van der Waals surface area contributed by atoms with Gasteiger partial charge in [0.2, 0.25) is 5.89 Å². The average Bonchev–Trinajstić information content (AvgIpc) is 3.85. The zero-order chi connectivity index (χ0) is 36.3. The van der Waals surface area contributed by atoms with Gasteiger partial charge in [0.1, 0.15) is 16.7 Å². The lowest BCUT2D eigenvalue weighted by molar-refractivity contribution is 0.617. The van der Waals surface area contributed by atoms with Crippen LogP contribution >= 0.6 is 0 Å². The predicted octanol–water partition coefficient (Wildman–Crippen LogP) is 14.5. The molecule has 11 aromatic rings. The van der Waals surface area contributed by atoms with Crippen LogP contribution in [-0.2, 0) is 0 Å². The number of furan rings is 1. The van der Waals surface area contributed by atoms with Crippen molar-refractivity contribution in [2.45, 2.75) is 0 Å². The molecule has 0 radical (unpaired) electrons. The summed E-state index contributed by atoms with van der Waals surface area (Å²) in [5.74, 6) is 0.598. The molecular weight excluding hydrogens is 673 g/mol. The smallest absolute Gasteiger partial charge is 0.227 e. The molecule has 2 heterocycles. The molecule has 0 fully saturated rings. The second-order valence-electron chi connectivity index (χ2n) is 13.9. The molecule has 9 aromatic carbocycles. The Labute approximate surface area is 317 Å². The maximum absolute atomic E-state index is 6.45. The van der Waals surface area contributed by atoms with Crippen LogP contribution < -0.4 is 4.90 Å². The fourth-order valence-corrected chi connectivity index (χ4v) is 8.14. The molecule has 0 bridgehead atoms. The Morgan fingerprint density at radius 3 is 1.85 bits per heavy atom. The van der Waals surface area contributed by atoms with Crippen LogP contribution in [0.25, 0.3) is 88.3 Å². The monoisotopic (exact) mass is 704 g/mol. The number of rotatable bonds is 6. The predicted molar refractivity (Wildman–Crippen MR) is 227 cm³/mol. The van der Waals surface area contributed by atoms with Gasteiger partial charge in [-0.3, -0.25) is 0 Å². The third-order valence-electron chi connectivity index (χ3n) is 10.7. The lowest BCUT2D eigenvalue weighted by Gasteiger charge is -2.29. The summed E-state index contributed by atoms with van der Waals surface area (Å²) < 4.78 is 12.6. The normalized spacial score (nSPS) is 11.6. The van der Waals surface area contributed by atoms with Crippen LogP contribution in [0, 0.1) is 0 Å². The van der Waals surface area contributed by atoms with Gasteiger partial charge in [-0.25, -0.2) is 4.98 Å². The van der Waals surface area contributed by atoms with E-state index in [2.05, 4.69) is 157 Å². The van der Waals surface area contributed by atoms with E-state index in [1.165, 1.54) is 27.1 Å². The highest BCUT2D eigenvalue weighted by atomic mass is 16.4. The zero-order valence-corrected chi connectivity index (χ0v) is 29.7. The van der Waals surface area contributed by atoms with E-state index in [0.29, 0.717) is 11.5 Å². The average molecular weight is 705 g/mol. The molecule has 258 valence electrons. The van der Waals surface area contributed by atoms with Gasteiger partial charge in [0.15, 0.2) is 5.58 Å². The molecule has 11 rings (SSSR count). The maximum Gasteiger partial charge on any atom is 0.227 e. The van der Waals surface area contributed by atoms with Crippen LogP contribution in [-0.4, -0.2) is 4.98 Å². The van der Waals surface area contributed by atoms with Gasteiger partial charge >= 0.3 is 0 Å². The van der Waals surface area contributed by atoms with Gasteiger partial charge in [0.25, 0.3) is 0 Å². The first-order valence-electron chi connectivity index (χ1n) is 18.5. The largest absolute Gasteiger partial charge is 0.456 e. The van der Waals surface area contributed by atoms with Crippen LogP contribution in [0.15, 0.2) is 203 Å². The lowest BCUT2D eigenvalue weighted by atomic mass is 9.96. The number of benzene rings is 9. The molecule has 4 heteroatoms. The van der Waals surface area contributed by atoms with Crippen molar-refractivity contribution in [2.24, 2.45) is 0 Å². The number of hydrogen-bond donors (Lipinski definition) is 0. The molecule has 2 aromatic heterocycles. The van der Waals surface area contributed by atoms with Gasteiger partial charge in [-0.05, 0) is 81.4 Å². The van der Waals surface area contributed by atoms with Gasteiger partial charge in [-0.15, -0.1) is 0 Å². The number of anilines is 3. The van der Waals surface area contributed by atoms with E-state index in [1.54, 1.807) is 0 Å². The molecule has 55 heavy (non-hydrogen) atoms. The van der Waals surface area contributed by atoms with Crippen LogP contribution in [0.5, 0.6) is 0 Å².